The molecule has 3 nitrogen and oxygen atoms in total. The summed E-state index contributed by atoms with van der Waals surface area (Å²) >= 11 is 1.59. The second kappa shape index (κ2) is 5.75. The zero-order valence-corrected chi connectivity index (χ0v) is 9.43. The summed E-state index contributed by atoms with van der Waals surface area (Å²) in [6.07, 6.45) is 4.15. The molecule has 0 fully saturated rings. The maximum absolute atomic E-state index is 11.4. The van der Waals surface area contributed by atoms with Gasteiger partial charge in [-0.25, -0.2) is 4.98 Å². The number of rotatable bonds is 5. The van der Waals surface area contributed by atoms with E-state index in [1.54, 1.807) is 17.5 Å². The molecule has 1 aromatic heterocycles. The molecular weight excluding hydrogens is 196 g/mol. The third-order valence-electron chi connectivity index (χ3n) is 1.97. The van der Waals surface area contributed by atoms with Gasteiger partial charge in [0.05, 0.1) is 6.04 Å². The second-order valence-corrected chi connectivity index (χ2v) is 4.07. The van der Waals surface area contributed by atoms with Crippen molar-refractivity contribution in [3.63, 3.8) is 0 Å². The van der Waals surface area contributed by atoms with Gasteiger partial charge >= 0.3 is 0 Å². The Labute approximate surface area is 88.6 Å². The Hall–Kier alpha value is -0.900. The molecule has 78 valence electrons. The second-order valence-electron chi connectivity index (χ2n) is 3.15. The predicted molar refractivity (Wildman–Crippen MR) is 58.2 cm³/mol. The third-order valence-corrected chi connectivity index (χ3v) is 2.86. The topological polar surface area (TPSA) is 42.0 Å². The van der Waals surface area contributed by atoms with Crippen molar-refractivity contribution in [3.05, 3.63) is 16.6 Å². The van der Waals surface area contributed by atoms with Crippen LogP contribution in [0.4, 0.5) is 0 Å². The maximum Gasteiger partial charge on any atom is 0.220 e. The van der Waals surface area contributed by atoms with Gasteiger partial charge in [0.1, 0.15) is 5.01 Å². The van der Waals surface area contributed by atoms with Crippen LogP contribution in [0.25, 0.3) is 0 Å². The number of hydrogen-bond acceptors (Lipinski definition) is 3. The molecule has 0 aliphatic heterocycles. The van der Waals surface area contributed by atoms with E-state index in [9.17, 15) is 4.79 Å². The summed E-state index contributed by atoms with van der Waals surface area (Å²) in [5, 5.41) is 5.91. The molecule has 0 saturated carbocycles. The van der Waals surface area contributed by atoms with Crippen molar-refractivity contribution in [2.45, 2.75) is 39.2 Å². The summed E-state index contributed by atoms with van der Waals surface area (Å²) < 4.78 is 0. The highest BCUT2D eigenvalue weighted by Crippen LogP contribution is 2.18. The number of amides is 1. The van der Waals surface area contributed by atoms with Crippen molar-refractivity contribution in [1.82, 2.24) is 10.3 Å². The maximum atomic E-state index is 11.4. The van der Waals surface area contributed by atoms with E-state index in [1.165, 1.54) is 0 Å². The average Bonchev–Trinajstić information content (AvgIpc) is 2.67. The average molecular weight is 212 g/mol. The summed E-state index contributed by atoms with van der Waals surface area (Å²) in [4.78, 5) is 15.6. The van der Waals surface area contributed by atoms with Crippen LogP contribution in [0.2, 0.25) is 0 Å². The Balaban J connectivity index is 2.51. The zero-order chi connectivity index (χ0) is 10.4. The molecule has 0 bridgehead atoms. The van der Waals surface area contributed by atoms with Gasteiger partial charge in [-0.2, -0.15) is 0 Å². The molecule has 4 heteroatoms. The number of carbonyl (C=O) groups is 1. The zero-order valence-electron chi connectivity index (χ0n) is 8.62. The Kier molecular flexibility index (Phi) is 4.59. The van der Waals surface area contributed by atoms with E-state index in [4.69, 9.17) is 0 Å². The van der Waals surface area contributed by atoms with E-state index >= 15 is 0 Å². The summed E-state index contributed by atoms with van der Waals surface area (Å²) in [5.41, 5.74) is 0. The third kappa shape index (κ3) is 3.10. The molecule has 1 amide bonds. The molecule has 1 N–H and O–H groups in total. The fraction of sp³-hybridized carbons (Fsp3) is 0.600. The van der Waals surface area contributed by atoms with Crippen LogP contribution >= 0.6 is 11.3 Å². The van der Waals surface area contributed by atoms with Gasteiger partial charge in [0.25, 0.3) is 0 Å². The van der Waals surface area contributed by atoms with E-state index in [0.29, 0.717) is 6.42 Å². The molecule has 0 aromatic carbocycles. The minimum Gasteiger partial charge on any atom is -0.347 e. The lowest BCUT2D eigenvalue weighted by Crippen LogP contribution is -2.27. The van der Waals surface area contributed by atoms with Crippen LogP contribution in [0.3, 0.4) is 0 Å². The summed E-state index contributed by atoms with van der Waals surface area (Å²) in [7, 11) is 0. The van der Waals surface area contributed by atoms with Gasteiger partial charge in [-0.15, -0.1) is 11.3 Å². The van der Waals surface area contributed by atoms with Crippen LogP contribution in [0.5, 0.6) is 0 Å². The Morgan fingerprint density at radius 1 is 1.64 bits per heavy atom. The smallest absolute Gasteiger partial charge is 0.220 e. The van der Waals surface area contributed by atoms with Crippen LogP contribution < -0.4 is 5.32 Å². The quantitative estimate of drug-likeness (QED) is 0.814. The number of aromatic nitrogens is 1. The molecule has 1 atom stereocenters. The molecule has 0 spiro atoms. The van der Waals surface area contributed by atoms with Crippen molar-refractivity contribution in [2.75, 3.05) is 0 Å². The Morgan fingerprint density at radius 3 is 2.93 bits per heavy atom. The highest BCUT2D eigenvalue weighted by Gasteiger charge is 2.13. The molecule has 1 unspecified atom stereocenters. The number of nitrogens with one attached hydrogen (secondary N) is 1. The first-order chi connectivity index (χ1) is 6.77. The van der Waals surface area contributed by atoms with Gasteiger partial charge in [0.2, 0.25) is 5.91 Å². The largest absolute Gasteiger partial charge is 0.347 e. The van der Waals surface area contributed by atoms with Crippen LogP contribution in [-0.4, -0.2) is 10.9 Å². The van der Waals surface area contributed by atoms with Crippen molar-refractivity contribution in [3.8, 4) is 0 Å². The van der Waals surface area contributed by atoms with Crippen LogP contribution in [0.1, 0.15) is 44.2 Å². The minimum absolute atomic E-state index is 0.0917. The molecular formula is C10H16N2OS. The summed E-state index contributed by atoms with van der Waals surface area (Å²) in [6, 6.07) is 0.0917. The lowest BCUT2D eigenvalue weighted by atomic mass is 10.2. The molecule has 0 radical (unpaired) electrons. The SMILES string of the molecule is CCCC(=O)NC(CC)c1nccs1. The molecule has 1 aromatic rings. The molecule has 0 aliphatic rings. The summed E-state index contributed by atoms with van der Waals surface area (Å²) in [6.45, 7) is 4.06. The van der Waals surface area contributed by atoms with E-state index in [1.807, 2.05) is 12.3 Å². The van der Waals surface area contributed by atoms with Gasteiger partial charge in [0, 0.05) is 18.0 Å². The monoisotopic (exact) mass is 212 g/mol. The van der Waals surface area contributed by atoms with Gasteiger partial charge in [0.15, 0.2) is 0 Å². The lowest BCUT2D eigenvalue weighted by molar-refractivity contribution is -0.121. The number of hydrogen-bond donors (Lipinski definition) is 1. The first-order valence-electron chi connectivity index (χ1n) is 4.96. The lowest BCUT2D eigenvalue weighted by Gasteiger charge is -2.13. The fourth-order valence-corrected chi connectivity index (χ4v) is 2.01. The Bertz CT molecular complexity index is 272. The van der Waals surface area contributed by atoms with E-state index in [-0.39, 0.29) is 11.9 Å². The number of carbonyl (C=O) groups excluding carboxylic acids is 1. The van der Waals surface area contributed by atoms with Crippen molar-refractivity contribution < 1.29 is 4.79 Å². The fourth-order valence-electron chi connectivity index (χ4n) is 1.24. The summed E-state index contributed by atoms with van der Waals surface area (Å²) in [5.74, 6) is 0.120. The standard InChI is InChI=1S/C10H16N2OS/c1-3-5-9(13)12-8(4-2)10-11-6-7-14-10/h6-8H,3-5H2,1-2H3,(H,12,13). The predicted octanol–water partition coefficient (Wildman–Crippen LogP) is 2.51. The highest BCUT2D eigenvalue weighted by atomic mass is 32.1. The van der Waals surface area contributed by atoms with Gasteiger partial charge in [-0.3, -0.25) is 4.79 Å². The first kappa shape index (κ1) is 11.2. The normalized spacial score (nSPS) is 12.4. The van der Waals surface area contributed by atoms with Crippen LogP contribution in [0, 0.1) is 0 Å². The number of nitrogens with zero attached hydrogens (tertiary/aromatic N) is 1. The van der Waals surface area contributed by atoms with Crippen molar-refractivity contribution >= 4 is 17.2 Å². The molecule has 14 heavy (non-hydrogen) atoms. The van der Waals surface area contributed by atoms with Crippen molar-refractivity contribution in [1.29, 1.82) is 0 Å². The molecule has 1 rings (SSSR count). The van der Waals surface area contributed by atoms with Gasteiger partial charge in [-0.05, 0) is 12.8 Å². The first-order valence-corrected chi connectivity index (χ1v) is 5.84. The molecule has 1 heterocycles. The van der Waals surface area contributed by atoms with Crippen LogP contribution in [-0.2, 0) is 4.79 Å². The molecule has 0 saturated heterocycles. The Morgan fingerprint density at radius 2 is 2.43 bits per heavy atom. The van der Waals surface area contributed by atoms with Gasteiger partial charge in [-0.1, -0.05) is 13.8 Å². The minimum atomic E-state index is 0.0917. The molecule has 0 aliphatic carbocycles. The van der Waals surface area contributed by atoms with Crippen LogP contribution in [0.15, 0.2) is 11.6 Å². The van der Waals surface area contributed by atoms with E-state index in [2.05, 4.69) is 17.2 Å². The number of thiazole rings is 1. The van der Waals surface area contributed by atoms with E-state index in [0.717, 1.165) is 17.8 Å². The van der Waals surface area contributed by atoms with Gasteiger partial charge < -0.3 is 5.32 Å². The van der Waals surface area contributed by atoms with Crippen molar-refractivity contribution in [2.24, 2.45) is 0 Å². The highest BCUT2D eigenvalue weighted by molar-refractivity contribution is 7.09. The van der Waals surface area contributed by atoms with E-state index < -0.39 is 0 Å².